The van der Waals surface area contributed by atoms with Crippen LogP contribution < -0.4 is 19.7 Å². The number of esters is 1. The second kappa shape index (κ2) is 13.8. The average Bonchev–Trinajstić information content (AvgIpc) is 2.97. The van der Waals surface area contributed by atoms with Crippen LogP contribution >= 0.6 is 11.6 Å². The highest BCUT2D eigenvalue weighted by molar-refractivity contribution is 7.89. The molecule has 2 N–H and O–H groups in total. The number of rotatable bonds is 11. The van der Waals surface area contributed by atoms with E-state index >= 15 is 0 Å². The van der Waals surface area contributed by atoms with Crippen LogP contribution in [-0.4, -0.2) is 46.6 Å². The zero-order chi connectivity index (χ0) is 29.4. The third-order valence-corrected chi connectivity index (χ3v) is 8.55. The highest BCUT2D eigenvalue weighted by atomic mass is 35.5. The third-order valence-electron chi connectivity index (χ3n) is 6.73. The molecular weight excluding hydrogens is 566 g/mol. The van der Waals surface area contributed by atoms with Gasteiger partial charge in [0.15, 0.2) is 6.61 Å². The summed E-state index contributed by atoms with van der Waals surface area (Å²) < 4.78 is 41.1. The maximum Gasteiger partial charge on any atom is 0.310 e. The molecule has 1 saturated heterocycles. The maximum atomic E-state index is 13.8. The molecule has 1 fully saturated rings. The fourth-order valence-electron chi connectivity index (χ4n) is 4.70. The molecule has 4 rings (SSSR count). The van der Waals surface area contributed by atoms with Crippen molar-refractivity contribution < 1.29 is 27.5 Å². The molecule has 0 aliphatic carbocycles. The molecule has 9 nitrogen and oxygen atoms in total. The summed E-state index contributed by atoms with van der Waals surface area (Å²) in [5, 5.41) is 3.27. The molecule has 1 aliphatic rings. The summed E-state index contributed by atoms with van der Waals surface area (Å²) in [4.78, 5) is 27.0. The molecule has 3 aromatic carbocycles. The van der Waals surface area contributed by atoms with E-state index in [0.717, 1.165) is 5.56 Å². The van der Waals surface area contributed by atoms with Crippen molar-refractivity contribution in [1.82, 2.24) is 4.72 Å². The molecule has 0 unspecified atom stereocenters. The Bertz CT molecular complexity index is 1450. The molecule has 1 heterocycles. The van der Waals surface area contributed by atoms with Gasteiger partial charge < -0.3 is 19.7 Å². The Morgan fingerprint density at radius 1 is 1.07 bits per heavy atom. The van der Waals surface area contributed by atoms with Crippen LogP contribution in [0.1, 0.15) is 38.3 Å². The number of benzene rings is 3. The van der Waals surface area contributed by atoms with Crippen molar-refractivity contribution in [3.8, 4) is 5.75 Å². The summed E-state index contributed by atoms with van der Waals surface area (Å²) >= 11 is 5.89. The van der Waals surface area contributed by atoms with Gasteiger partial charge in [-0.25, -0.2) is 13.1 Å². The van der Waals surface area contributed by atoms with E-state index in [1.807, 2.05) is 35.2 Å². The van der Waals surface area contributed by atoms with Crippen molar-refractivity contribution in [2.24, 2.45) is 5.92 Å². The topological polar surface area (TPSA) is 114 Å². The monoisotopic (exact) mass is 599 g/mol. The normalized spacial score (nSPS) is 16.1. The van der Waals surface area contributed by atoms with Gasteiger partial charge >= 0.3 is 5.97 Å². The number of sulfonamides is 1. The SMILES string of the molecule is CCOC(=O)[C@H]1CCCN(c2ccc(NC(=O)COc3ccc(Cl)cc3)cc2S(=O)(=O)N[C@@H](C)c2ccccc2)C1. The number of ether oxygens (including phenoxy) is 2. The van der Waals surface area contributed by atoms with E-state index in [1.165, 1.54) is 6.07 Å². The van der Waals surface area contributed by atoms with Gasteiger partial charge in [0.25, 0.3) is 5.91 Å². The zero-order valence-electron chi connectivity index (χ0n) is 23.0. The first-order chi connectivity index (χ1) is 19.7. The maximum absolute atomic E-state index is 13.8. The molecule has 3 aromatic rings. The summed E-state index contributed by atoms with van der Waals surface area (Å²) in [5.41, 5.74) is 1.55. The number of amides is 1. The molecular formula is C30H34ClN3O6S. The Morgan fingerprint density at radius 2 is 1.80 bits per heavy atom. The lowest BCUT2D eigenvalue weighted by Gasteiger charge is -2.34. The van der Waals surface area contributed by atoms with Gasteiger partial charge in [0.2, 0.25) is 10.0 Å². The van der Waals surface area contributed by atoms with Crippen molar-refractivity contribution in [2.45, 2.75) is 37.6 Å². The molecule has 218 valence electrons. The van der Waals surface area contributed by atoms with Gasteiger partial charge in [-0.05, 0) is 74.7 Å². The van der Waals surface area contributed by atoms with Gasteiger partial charge in [0.1, 0.15) is 10.6 Å². The van der Waals surface area contributed by atoms with Gasteiger partial charge in [-0.3, -0.25) is 9.59 Å². The predicted octanol–water partition coefficient (Wildman–Crippen LogP) is 5.18. The third kappa shape index (κ3) is 8.22. The number of carbonyl (C=O) groups excluding carboxylic acids is 2. The Hall–Kier alpha value is -3.60. The number of anilines is 2. The summed E-state index contributed by atoms with van der Waals surface area (Å²) in [7, 11) is -4.06. The Morgan fingerprint density at radius 3 is 2.51 bits per heavy atom. The minimum absolute atomic E-state index is 0.00112. The van der Waals surface area contributed by atoms with Gasteiger partial charge in [-0.1, -0.05) is 41.9 Å². The van der Waals surface area contributed by atoms with E-state index in [2.05, 4.69) is 10.0 Å². The van der Waals surface area contributed by atoms with Crippen LogP contribution in [0.5, 0.6) is 5.75 Å². The number of piperidine rings is 1. The van der Waals surface area contributed by atoms with Gasteiger partial charge in [0.05, 0.1) is 18.2 Å². The first-order valence-electron chi connectivity index (χ1n) is 13.5. The van der Waals surface area contributed by atoms with Crippen LogP contribution in [0.4, 0.5) is 11.4 Å². The first kappa shape index (κ1) is 30.4. The van der Waals surface area contributed by atoms with Gasteiger partial charge in [0, 0.05) is 29.8 Å². The van der Waals surface area contributed by atoms with Gasteiger partial charge in [-0.15, -0.1) is 0 Å². The summed E-state index contributed by atoms with van der Waals surface area (Å²) in [6.07, 6.45) is 1.37. The van der Waals surface area contributed by atoms with Crippen LogP contribution in [0, 0.1) is 5.92 Å². The smallest absolute Gasteiger partial charge is 0.310 e. The lowest BCUT2D eigenvalue weighted by Crippen LogP contribution is -2.40. The van der Waals surface area contributed by atoms with Crippen molar-refractivity contribution >= 4 is 44.9 Å². The van der Waals surface area contributed by atoms with Crippen molar-refractivity contribution in [3.05, 3.63) is 83.4 Å². The van der Waals surface area contributed by atoms with Gasteiger partial charge in [-0.2, -0.15) is 0 Å². The second-order valence-electron chi connectivity index (χ2n) is 9.76. The number of hydrogen-bond donors (Lipinski definition) is 2. The molecule has 0 aromatic heterocycles. The number of hydrogen-bond acceptors (Lipinski definition) is 7. The van der Waals surface area contributed by atoms with Crippen LogP contribution in [0.25, 0.3) is 0 Å². The molecule has 0 radical (unpaired) electrons. The summed E-state index contributed by atoms with van der Waals surface area (Å²) in [5.74, 6) is -0.632. The van der Waals surface area contributed by atoms with Crippen LogP contribution in [0.3, 0.4) is 0 Å². The lowest BCUT2D eigenvalue weighted by atomic mass is 9.97. The summed E-state index contributed by atoms with van der Waals surface area (Å²) in [6, 6.07) is 20.1. The minimum Gasteiger partial charge on any atom is -0.484 e. The first-order valence-corrected chi connectivity index (χ1v) is 15.3. The fraction of sp³-hybridized carbons (Fsp3) is 0.333. The second-order valence-corrected chi connectivity index (χ2v) is 11.9. The van der Waals surface area contributed by atoms with Crippen LogP contribution in [-0.2, 0) is 24.3 Å². The highest BCUT2D eigenvalue weighted by Crippen LogP contribution is 2.33. The highest BCUT2D eigenvalue weighted by Gasteiger charge is 2.31. The fourth-order valence-corrected chi connectivity index (χ4v) is 6.31. The number of halogens is 1. The predicted molar refractivity (Wildman–Crippen MR) is 159 cm³/mol. The van der Waals surface area contributed by atoms with E-state index < -0.39 is 22.0 Å². The molecule has 0 saturated carbocycles. The van der Waals surface area contributed by atoms with Crippen molar-refractivity contribution in [1.29, 1.82) is 0 Å². The van der Waals surface area contributed by atoms with Crippen molar-refractivity contribution in [3.63, 3.8) is 0 Å². The van der Waals surface area contributed by atoms with E-state index in [0.29, 0.717) is 48.1 Å². The molecule has 11 heteroatoms. The van der Waals surface area contributed by atoms with Crippen LogP contribution in [0.2, 0.25) is 5.02 Å². The Labute approximate surface area is 245 Å². The standard InChI is InChI=1S/C30H34ClN3O6S/c1-3-39-30(36)23-10-7-17-34(19-23)27-16-13-25(32-29(35)20-40-26-14-11-24(31)12-15-26)18-28(27)41(37,38)33-21(2)22-8-5-4-6-9-22/h4-6,8-9,11-16,18,21,23,33H,3,7,10,17,19-20H2,1-2H3,(H,32,35)/t21-,23-/m0/s1. The molecule has 1 aliphatic heterocycles. The minimum atomic E-state index is -4.06. The van der Waals surface area contributed by atoms with E-state index in [4.69, 9.17) is 21.1 Å². The molecule has 0 spiro atoms. The molecule has 41 heavy (non-hydrogen) atoms. The van der Waals surface area contributed by atoms with Crippen LogP contribution in [0.15, 0.2) is 77.7 Å². The summed E-state index contributed by atoms with van der Waals surface area (Å²) in [6.45, 7) is 4.44. The number of nitrogens with one attached hydrogen (secondary N) is 2. The largest absolute Gasteiger partial charge is 0.484 e. The lowest BCUT2D eigenvalue weighted by molar-refractivity contribution is -0.148. The molecule has 0 bridgehead atoms. The quantitative estimate of drug-likeness (QED) is 0.292. The Kier molecular flexibility index (Phi) is 10.3. The van der Waals surface area contributed by atoms with E-state index in [-0.39, 0.29) is 30.0 Å². The van der Waals surface area contributed by atoms with Crippen molar-refractivity contribution in [2.75, 3.05) is 36.5 Å². The van der Waals surface area contributed by atoms with E-state index in [9.17, 15) is 18.0 Å². The number of carbonyl (C=O) groups is 2. The zero-order valence-corrected chi connectivity index (χ0v) is 24.6. The average molecular weight is 600 g/mol. The number of nitrogens with zero attached hydrogens (tertiary/aromatic N) is 1. The molecule has 2 atom stereocenters. The van der Waals surface area contributed by atoms with E-state index in [1.54, 1.807) is 50.2 Å². The Balaban J connectivity index is 1.59. The molecule has 1 amide bonds.